The summed E-state index contributed by atoms with van der Waals surface area (Å²) >= 11 is 0. The molecule has 0 aromatic carbocycles. The number of rotatable bonds is 14. The number of hydrogen-bond acceptors (Lipinski definition) is 4. The SMILES string of the molecule is CCCCC/C=C\C[C@@H](O)/C=C/C=C/C=C\[C@@H](O)C[C@H](O)CC(=O)O. The molecule has 142 valence electrons. The van der Waals surface area contributed by atoms with E-state index in [0.717, 1.165) is 6.42 Å². The van der Waals surface area contributed by atoms with Crippen LogP contribution in [0.2, 0.25) is 0 Å². The van der Waals surface area contributed by atoms with Gasteiger partial charge in [0.05, 0.1) is 24.7 Å². The summed E-state index contributed by atoms with van der Waals surface area (Å²) in [6.07, 6.45) is 16.4. The molecule has 0 amide bonds. The highest BCUT2D eigenvalue weighted by molar-refractivity contribution is 5.67. The maximum absolute atomic E-state index is 10.4. The molecular weight excluding hydrogens is 320 g/mol. The van der Waals surface area contributed by atoms with Crippen molar-refractivity contribution in [1.29, 1.82) is 0 Å². The van der Waals surface area contributed by atoms with Gasteiger partial charge in [-0.15, -0.1) is 0 Å². The number of aliphatic carboxylic acids is 1. The largest absolute Gasteiger partial charge is 0.481 e. The zero-order chi connectivity index (χ0) is 18.9. The summed E-state index contributed by atoms with van der Waals surface area (Å²) in [5.41, 5.74) is 0. The van der Waals surface area contributed by atoms with E-state index in [1.807, 2.05) is 6.08 Å². The molecule has 0 unspecified atom stereocenters. The van der Waals surface area contributed by atoms with Gasteiger partial charge < -0.3 is 20.4 Å². The number of unbranched alkanes of at least 4 members (excludes halogenated alkanes) is 3. The minimum atomic E-state index is -1.09. The van der Waals surface area contributed by atoms with Crippen LogP contribution in [0.1, 0.15) is 51.9 Å². The van der Waals surface area contributed by atoms with Gasteiger partial charge in [-0.05, 0) is 19.3 Å². The number of aliphatic hydroxyl groups excluding tert-OH is 3. The highest BCUT2D eigenvalue weighted by Gasteiger charge is 2.12. The number of allylic oxidation sites excluding steroid dienone is 5. The Balaban J connectivity index is 3.93. The van der Waals surface area contributed by atoms with Gasteiger partial charge in [-0.25, -0.2) is 0 Å². The van der Waals surface area contributed by atoms with Crippen molar-refractivity contribution in [2.45, 2.75) is 70.2 Å². The smallest absolute Gasteiger partial charge is 0.305 e. The van der Waals surface area contributed by atoms with Gasteiger partial charge in [-0.2, -0.15) is 0 Å². The standard InChI is InChI=1S/C20H32O5/c1-2-3-4-5-6-9-12-17(21)13-10-7-8-11-14-18(22)15-19(23)16-20(24)25/h6-11,13-14,17-19,21-23H,2-5,12,15-16H2,1H3,(H,24,25)/b8-7+,9-6-,13-10+,14-11-/t17-,18-,19+/m1/s1. The Morgan fingerprint density at radius 1 is 0.920 bits per heavy atom. The van der Waals surface area contributed by atoms with Crippen molar-refractivity contribution in [2.24, 2.45) is 0 Å². The third-order valence-corrected chi connectivity index (χ3v) is 3.44. The zero-order valence-corrected chi connectivity index (χ0v) is 15.0. The molecule has 25 heavy (non-hydrogen) atoms. The number of carboxylic acids is 1. The van der Waals surface area contributed by atoms with Crippen LogP contribution in [-0.2, 0) is 4.79 Å². The van der Waals surface area contributed by atoms with E-state index in [-0.39, 0.29) is 12.8 Å². The lowest BCUT2D eigenvalue weighted by Gasteiger charge is -2.10. The summed E-state index contributed by atoms with van der Waals surface area (Å²) in [4.78, 5) is 10.4. The average molecular weight is 352 g/mol. The Hall–Kier alpha value is -1.69. The van der Waals surface area contributed by atoms with Crippen molar-refractivity contribution in [1.82, 2.24) is 0 Å². The first-order chi connectivity index (χ1) is 12.0. The van der Waals surface area contributed by atoms with E-state index in [2.05, 4.69) is 13.0 Å². The molecule has 0 aromatic rings. The minimum Gasteiger partial charge on any atom is -0.481 e. The van der Waals surface area contributed by atoms with Crippen molar-refractivity contribution in [2.75, 3.05) is 0 Å². The highest BCUT2D eigenvalue weighted by atomic mass is 16.4. The molecule has 0 aliphatic carbocycles. The molecule has 0 spiro atoms. The fourth-order valence-electron chi connectivity index (χ4n) is 2.10. The molecule has 5 heteroatoms. The third kappa shape index (κ3) is 16.9. The van der Waals surface area contributed by atoms with Gasteiger partial charge in [0.15, 0.2) is 0 Å². The Labute approximate surface area is 150 Å². The molecule has 0 aliphatic rings. The first-order valence-electron chi connectivity index (χ1n) is 8.88. The molecule has 0 heterocycles. The molecule has 5 nitrogen and oxygen atoms in total. The summed E-state index contributed by atoms with van der Waals surface area (Å²) in [6, 6.07) is 0. The Morgan fingerprint density at radius 3 is 2.16 bits per heavy atom. The van der Waals surface area contributed by atoms with E-state index in [4.69, 9.17) is 5.11 Å². The predicted octanol–water partition coefficient (Wildman–Crippen LogP) is 3.13. The maximum Gasteiger partial charge on any atom is 0.305 e. The van der Waals surface area contributed by atoms with Gasteiger partial charge in [0, 0.05) is 6.42 Å². The molecule has 0 aromatic heterocycles. The van der Waals surface area contributed by atoms with Crippen LogP contribution in [0.4, 0.5) is 0 Å². The van der Waals surface area contributed by atoms with Crippen LogP contribution in [0.3, 0.4) is 0 Å². The molecule has 3 atom stereocenters. The van der Waals surface area contributed by atoms with Crippen LogP contribution in [0, 0.1) is 0 Å². The summed E-state index contributed by atoms with van der Waals surface area (Å²) in [7, 11) is 0. The van der Waals surface area contributed by atoms with Crippen LogP contribution < -0.4 is 0 Å². The molecular formula is C20H32O5. The van der Waals surface area contributed by atoms with Crippen LogP contribution in [-0.4, -0.2) is 44.7 Å². The molecule has 0 radical (unpaired) electrons. The van der Waals surface area contributed by atoms with Crippen molar-refractivity contribution < 1.29 is 25.2 Å². The third-order valence-electron chi connectivity index (χ3n) is 3.44. The van der Waals surface area contributed by atoms with Crippen LogP contribution in [0.25, 0.3) is 0 Å². The van der Waals surface area contributed by atoms with Crippen molar-refractivity contribution in [3.63, 3.8) is 0 Å². The van der Waals surface area contributed by atoms with E-state index >= 15 is 0 Å². The fourth-order valence-corrected chi connectivity index (χ4v) is 2.10. The van der Waals surface area contributed by atoms with Gasteiger partial charge in [0.25, 0.3) is 0 Å². The first-order valence-corrected chi connectivity index (χ1v) is 8.88. The summed E-state index contributed by atoms with van der Waals surface area (Å²) < 4.78 is 0. The Morgan fingerprint density at radius 2 is 1.56 bits per heavy atom. The van der Waals surface area contributed by atoms with E-state index in [0.29, 0.717) is 6.42 Å². The topological polar surface area (TPSA) is 98.0 Å². The summed E-state index contributed by atoms with van der Waals surface area (Å²) in [5.74, 6) is -1.09. The first kappa shape index (κ1) is 23.3. The van der Waals surface area contributed by atoms with Crippen LogP contribution in [0.15, 0.2) is 48.6 Å². The maximum atomic E-state index is 10.4. The van der Waals surface area contributed by atoms with Crippen LogP contribution >= 0.6 is 0 Å². The predicted molar refractivity (Wildman–Crippen MR) is 100 cm³/mol. The van der Waals surface area contributed by atoms with E-state index in [1.54, 1.807) is 30.4 Å². The van der Waals surface area contributed by atoms with Gasteiger partial charge >= 0.3 is 5.97 Å². The average Bonchev–Trinajstić information content (AvgIpc) is 2.53. The van der Waals surface area contributed by atoms with Gasteiger partial charge in [0.1, 0.15) is 0 Å². The molecule has 0 bridgehead atoms. The second-order valence-electron chi connectivity index (χ2n) is 5.98. The summed E-state index contributed by atoms with van der Waals surface area (Å²) in [6.45, 7) is 2.17. The number of aliphatic hydroxyl groups is 3. The fraction of sp³-hybridized carbons (Fsp3) is 0.550. The van der Waals surface area contributed by atoms with Crippen LogP contribution in [0.5, 0.6) is 0 Å². The number of hydrogen-bond donors (Lipinski definition) is 4. The van der Waals surface area contributed by atoms with E-state index < -0.39 is 24.3 Å². The Bertz CT molecular complexity index is 451. The summed E-state index contributed by atoms with van der Waals surface area (Å²) in [5, 5.41) is 37.3. The highest BCUT2D eigenvalue weighted by Crippen LogP contribution is 2.04. The molecule has 0 saturated carbocycles. The molecule has 0 rings (SSSR count). The van der Waals surface area contributed by atoms with Gasteiger partial charge in [0.2, 0.25) is 0 Å². The lowest BCUT2D eigenvalue weighted by molar-refractivity contribution is -0.139. The molecule has 0 saturated heterocycles. The van der Waals surface area contributed by atoms with Crippen molar-refractivity contribution >= 4 is 5.97 Å². The Kier molecular flexibility index (Phi) is 14.7. The van der Waals surface area contributed by atoms with Gasteiger partial charge in [-0.3, -0.25) is 4.79 Å². The molecule has 0 fully saturated rings. The monoisotopic (exact) mass is 352 g/mol. The van der Waals surface area contributed by atoms with Gasteiger partial charge in [-0.1, -0.05) is 68.4 Å². The van der Waals surface area contributed by atoms with E-state index in [9.17, 15) is 20.1 Å². The van der Waals surface area contributed by atoms with E-state index in [1.165, 1.54) is 25.3 Å². The van der Waals surface area contributed by atoms with Crippen molar-refractivity contribution in [3.8, 4) is 0 Å². The lowest BCUT2D eigenvalue weighted by Crippen LogP contribution is -2.19. The normalized spacial score (nSPS) is 16.3. The number of carbonyl (C=O) groups is 1. The second kappa shape index (κ2) is 15.8. The molecule has 0 aliphatic heterocycles. The quantitative estimate of drug-likeness (QED) is 0.219. The van der Waals surface area contributed by atoms with Crippen molar-refractivity contribution in [3.05, 3.63) is 48.6 Å². The molecule has 4 N–H and O–H groups in total. The lowest BCUT2D eigenvalue weighted by atomic mass is 10.1. The minimum absolute atomic E-state index is 0.0181. The zero-order valence-electron chi connectivity index (χ0n) is 15.0. The number of carboxylic acid groups (broad SMARTS) is 1. The second-order valence-corrected chi connectivity index (χ2v) is 5.98.